The minimum absolute atomic E-state index is 0.125. The first kappa shape index (κ1) is 14.7. The molecule has 0 spiro atoms. The Morgan fingerprint density at radius 2 is 2.00 bits per heavy atom. The smallest absolute Gasteiger partial charge is 0.335 e. The van der Waals surface area contributed by atoms with E-state index in [1.54, 1.807) is 19.1 Å². The molecule has 110 valence electrons. The molecular formula is C14H15N3O4. The highest BCUT2D eigenvalue weighted by Gasteiger charge is 2.07. The third kappa shape index (κ3) is 4.41. The molecule has 7 nitrogen and oxygen atoms in total. The quantitative estimate of drug-likeness (QED) is 0.831. The Morgan fingerprint density at radius 1 is 1.29 bits per heavy atom. The summed E-state index contributed by atoms with van der Waals surface area (Å²) < 4.78 is 4.80. The fourth-order valence-electron chi connectivity index (χ4n) is 1.75. The SMILES string of the molecule is Cc1nc(CNC(=O)CCc2ccc(C(=O)O)cc2)no1. The number of hydrogen-bond acceptors (Lipinski definition) is 5. The lowest BCUT2D eigenvalue weighted by molar-refractivity contribution is -0.121. The van der Waals surface area contributed by atoms with Crippen LogP contribution in [0.25, 0.3) is 0 Å². The standard InChI is InChI=1S/C14H15N3O4/c1-9-16-12(17-21-9)8-15-13(18)7-4-10-2-5-11(6-3-10)14(19)20/h2-3,5-6H,4,7-8H2,1H3,(H,15,18)(H,19,20). The monoisotopic (exact) mass is 289 g/mol. The van der Waals surface area contributed by atoms with Gasteiger partial charge in [0, 0.05) is 13.3 Å². The van der Waals surface area contributed by atoms with Crippen molar-refractivity contribution in [2.45, 2.75) is 26.3 Å². The minimum atomic E-state index is -0.963. The van der Waals surface area contributed by atoms with Crippen LogP contribution >= 0.6 is 0 Å². The number of aromatic nitrogens is 2. The van der Waals surface area contributed by atoms with Gasteiger partial charge in [-0.1, -0.05) is 17.3 Å². The maximum absolute atomic E-state index is 11.7. The Bertz CT molecular complexity index is 634. The number of carboxylic acids is 1. The summed E-state index contributed by atoms with van der Waals surface area (Å²) >= 11 is 0. The van der Waals surface area contributed by atoms with Gasteiger partial charge in [0.1, 0.15) is 0 Å². The van der Waals surface area contributed by atoms with Crippen LogP contribution in [0.4, 0.5) is 0 Å². The van der Waals surface area contributed by atoms with Crippen molar-refractivity contribution in [3.63, 3.8) is 0 Å². The van der Waals surface area contributed by atoms with Crippen LogP contribution in [-0.4, -0.2) is 27.1 Å². The number of nitrogens with zero attached hydrogens (tertiary/aromatic N) is 2. The van der Waals surface area contributed by atoms with E-state index in [0.717, 1.165) is 5.56 Å². The first-order valence-electron chi connectivity index (χ1n) is 6.42. The molecular weight excluding hydrogens is 274 g/mol. The van der Waals surface area contributed by atoms with Crippen LogP contribution in [0.5, 0.6) is 0 Å². The van der Waals surface area contributed by atoms with Gasteiger partial charge < -0.3 is 14.9 Å². The third-order valence-electron chi connectivity index (χ3n) is 2.85. The zero-order chi connectivity index (χ0) is 15.2. The van der Waals surface area contributed by atoms with Crippen molar-refractivity contribution >= 4 is 11.9 Å². The van der Waals surface area contributed by atoms with Crippen molar-refractivity contribution < 1.29 is 19.2 Å². The molecule has 0 saturated carbocycles. The summed E-state index contributed by atoms with van der Waals surface area (Å²) in [6.07, 6.45) is 0.847. The molecule has 0 aliphatic rings. The number of carbonyl (C=O) groups excluding carboxylic acids is 1. The van der Waals surface area contributed by atoms with Gasteiger partial charge >= 0.3 is 5.97 Å². The summed E-state index contributed by atoms with van der Waals surface area (Å²) in [5.74, 6) is -0.195. The third-order valence-corrected chi connectivity index (χ3v) is 2.85. The number of benzene rings is 1. The van der Waals surface area contributed by atoms with Crippen LogP contribution < -0.4 is 5.32 Å². The highest BCUT2D eigenvalue weighted by atomic mass is 16.5. The Labute approximate surface area is 121 Å². The van der Waals surface area contributed by atoms with Crippen molar-refractivity contribution in [2.24, 2.45) is 0 Å². The van der Waals surface area contributed by atoms with Crippen molar-refractivity contribution in [3.8, 4) is 0 Å². The van der Waals surface area contributed by atoms with Gasteiger partial charge in [-0.15, -0.1) is 0 Å². The number of hydrogen-bond donors (Lipinski definition) is 2. The molecule has 1 aromatic carbocycles. The lowest BCUT2D eigenvalue weighted by Gasteiger charge is -2.03. The van der Waals surface area contributed by atoms with Crippen LogP contribution in [0.15, 0.2) is 28.8 Å². The van der Waals surface area contributed by atoms with Gasteiger partial charge in [0.05, 0.1) is 12.1 Å². The summed E-state index contributed by atoms with van der Waals surface area (Å²) in [5.41, 5.74) is 1.14. The number of amides is 1. The van der Waals surface area contributed by atoms with E-state index in [4.69, 9.17) is 9.63 Å². The second kappa shape index (κ2) is 6.65. The molecule has 1 amide bonds. The molecule has 0 bridgehead atoms. The van der Waals surface area contributed by atoms with E-state index in [0.29, 0.717) is 24.6 Å². The summed E-state index contributed by atoms with van der Waals surface area (Å²) in [4.78, 5) is 26.4. The van der Waals surface area contributed by atoms with Crippen molar-refractivity contribution in [1.29, 1.82) is 0 Å². The number of aryl methyl sites for hydroxylation is 2. The molecule has 0 atom stereocenters. The fraction of sp³-hybridized carbons (Fsp3) is 0.286. The molecule has 1 aromatic heterocycles. The molecule has 2 aromatic rings. The first-order chi connectivity index (χ1) is 10.0. The molecule has 0 aliphatic carbocycles. The number of carbonyl (C=O) groups is 2. The normalized spacial score (nSPS) is 10.3. The highest BCUT2D eigenvalue weighted by Crippen LogP contribution is 2.07. The van der Waals surface area contributed by atoms with Crippen LogP contribution in [0.1, 0.15) is 34.1 Å². The van der Waals surface area contributed by atoms with Crippen molar-refractivity contribution in [2.75, 3.05) is 0 Å². The maximum Gasteiger partial charge on any atom is 0.335 e. The molecule has 0 saturated heterocycles. The van der Waals surface area contributed by atoms with E-state index in [9.17, 15) is 9.59 Å². The minimum Gasteiger partial charge on any atom is -0.478 e. The van der Waals surface area contributed by atoms with Crippen LogP contribution in [-0.2, 0) is 17.8 Å². The van der Waals surface area contributed by atoms with Crippen LogP contribution in [0.3, 0.4) is 0 Å². The highest BCUT2D eigenvalue weighted by molar-refractivity contribution is 5.87. The van der Waals surface area contributed by atoms with Gasteiger partial charge in [0.2, 0.25) is 11.8 Å². The largest absolute Gasteiger partial charge is 0.478 e. The second-order valence-electron chi connectivity index (χ2n) is 4.51. The topological polar surface area (TPSA) is 105 Å². The van der Waals surface area contributed by atoms with Crippen LogP contribution in [0.2, 0.25) is 0 Å². The molecule has 7 heteroatoms. The summed E-state index contributed by atoms with van der Waals surface area (Å²) in [6.45, 7) is 1.91. The number of nitrogens with one attached hydrogen (secondary N) is 1. The van der Waals surface area contributed by atoms with Crippen LogP contribution in [0, 0.1) is 6.92 Å². The Morgan fingerprint density at radius 3 is 2.57 bits per heavy atom. The average molecular weight is 289 g/mol. The number of aromatic carboxylic acids is 1. The molecule has 0 radical (unpaired) electrons. The molecule has 1 heterocycles. The average Bonchev–Trinajstić information content (AvgIpc) is 2.89. The zero-order valence-corrected chi connectivity index (χ0v) is 11.5. The lowest BCUT2D eigenvalue weighted by Crippen LogP contribution is -2.23. The Kier molecular flexibility index (Phi) is 4.65. The van der Waals surface area contributed by atoms with Gasteiger partial charge in [0.25, 0.3) is 0 Å². The van der Waals surface area contributed by atoms with Gasteiger partial charge in [-0.05, 0) is 24.1 Å². The van der Waals surface area contributed by atoms with Gasteiger partial charge in [0.15, 0.2) is 5.82 Å². The van der Waals surface area contributed by atoms with Gasteiger partial charge in [-0.2, -0.15) is 4.98 Å². The molecule has 0 aliphatic heterocycles. The molecule has 0 fully saturated rings. The number of rotatable bonds is 6. The Balaban J connectivity index is 1.77. The fourth-order valence-corrected chi connectivity index (χ4v) is 1.75. The Hall–Kier alpha value is -2.70. The molecule has 2 N–H and O–H groups in total. The van der Waals surface area contributed by atoms with E-state index < -0.39 is 5.97 Å². The second-order valence-corrected chi connectivity index (χ2v) is 4.51. The van der Waals surface area contributed by atoms with Crippen molar-refractivity contribution in [1.82, 2.24) is 15.5 Å². The maximum atomic E-state index is 11.7. The lowest BCUT2D eigenvalue weighted by atomic mass is 10.1. The molecule has 0 unspecified atom stereocenters. The molecule has 2 rings (SSSR count). The zero-order valence-electron chi connectivity index (χ0n) is 11.5. The summed E-state index contributed by atoms with van der Waals surface area (Å²) in [6, 6.07) is 6.47. The van der Waals surface area contributed by atoms with E-state index in [1.165, 1.54) is 12.1 Å². The number of carboxylic acid groups (broad SMARTS) is 1. The van der Waals surface area contributed by atoms with E-state index in [1.807, 2.05) is 0 Å². The van der Waals surface area contributed by atoms with Gasteiger partial charge in [-0.25, -0.2) is 4.79 Å². The van der Waals surface area contributed by atoms with E-state index >= 15 is 0 Å². The summed E-state index contributed by atoms with van der Waals surface area (Å²) in [5, 5.41) is 15.2. The van der Waals surface area contributed by atoms with Crippen molar-refractivity contribution in [3.05, 3.63) is 47.1 Å². The van der Waals surface area contributed by atoms with E-state index in [-0.39, 0.29) is 18.0 Å². The predicted octanol–water partition coefficient (Wildman–Crippen LogP) is 1.33. The molecule has 21 heavy (non-hydrogen) atoms. The van der Waals surface area contributed by atoms with E-state index in [2.05, 4.69) is 15.5 Å². The first-order valence-corrected chi connectivity index (χ1v) is 6.42. The predicted molar refractivity (Wildman–Crippen MR) is 72.6 cm³/mol. The van der Waals surface area contributed by atoms with Gasteiger partial charge in [-0.3, -0.25) is 4.79 Å². The summed E-state index contributed by atoms with van der Waals surface area (Å²) in [7, 11) is 0.